The zero-order valence-corrected chi connectivity index (χ0v) is 24.9. The SMILES string of the molecule is O=C(CCCCCOCCCCCOCCCCCCCl)Nc1cccc2c1C(O)N(C1CCC(O)NC1O)C2O. The standard InChI is InChI=1S/C30H50ClN3O7/c31-17-6-1-2-7-18-40-20-9-4-10-21-41-19-8-3-5-14-25(35)32-23-13-11-12-22-27(23)30(39)34(29(22)38)24-15-16-26(36)33-28(24)37/h11-13,24,26,28-30,33,36-39H,1-10,14-21H2,(H,32,35). The Kier molecular flexibility index (Phi) is 15.9. The van der Waals surface area contributed by atoms with Gasteiger partial charge in [0.1, 0.15) is 24.9 Å². The van der Waals surface area contributed by atoms with Crippen LogP contribution in [0.25, 0.3) is 0 Å². The molecule has 1 aromatic carbocycles. The monoisotopic (exact) mass is 599 g/mol. The highest BCUT2D eigenvalue weighted by Crippen LogP contribution is 2.45. The first kappa shape index (κ1) is 34.2. The number of alkyl halides is 1. The average Bonchev–Trinajstić information content (AvgIpc) is 3.20. The summed E-state index contributed by atoms with van der Waals surface area (Å²) in [7, 11) is 0. The normalized spacial score (nSPS) is 24.5. The number of hydrogen-bond acceptors (Lipinski definition) is 9. The van der Waals surface area contributed by atoms with Crippen molar-refractivity contribution in [2.45, 2.75) is 114 Å². The lowest BCUT2D eigenvalue weighted by atomic mass is 10.0. The van der Waals surface area contributed by atoms with Gasteiger partial charge in [0.15, 0.2) is 0 Å². The Morgan fingerprint density at radius 3 is 2.10 bits per heavy atom. The number of aliphatic hydroxyl groups is 4. The predicted molar refractivity (Wildman–Crippen MR) is 158 cm³/mol. The molecule has 1 aromatic rings. The topological polar surface area (TPSA) is 144 Å². The lowest BCUT2D eigenvalue weighted by Crippen LogP contribution is -2.57. The number of piperidine rings is 1. The molecule has 41 heavy (non-hydrogen) atoms. The van der Waals surface area contributed by atoms with Crippen molar-refractivity contribution in [3.63, 3.8) is 0 Å². The first-order valence-corrected chi connectivity index (χ1v) is 15.9. The number of anilines is 1. The van der Waals surface area contributed by atoms with Crippen molar-refractivity contribution in [3.05, 3.63) is 29.3 Å². The van der Waals surface area contributed by atoms with E-state index in [1.54, 1.807) is 18.2 Å². The van der Waals surface area contributed by atoms with Gasteiger partial charge in [0.2, 0.25) is 5.91 Å². The molecular formula is C30H50ClN3O7. The number of hydrogen-bond donors (Lipinski definition) is 6. The summed E-state index contributed by atoms with van der Waals surface area (Å²) >= 11 is 5.67. The van der Waals surface area contributed by atoms with Crippen LogP contribution in [0.5, 0.6) is 0 Å². The van der Waals surface area contributed by atoms with Gasteiger partial charge in [-0.05, 0) is 63.9 Å². The van der Waals surface area contributed by atoms with Gasteiger partial charge in [0.25, 0.3) is 0 Å². The molecule has 5 atom stereocenters. The van der Waals surface area contributed by atoms with Crippen LogP contribution in [0.15, 0.2) is 18.2 Å². The second-order valence-electron chi connectivity index (χ2n) is 11.0. The highest BCUT2D eigenvalue weighted by atomic mass is 35.5. The molecule has 0 saturated carbocycles. The van der Waals surface area contributed by atoms with Gasteiger partial charge in [-0.25, -0.2) is 4.90 Å². The Balaban J connectivity index is 1.25. The van der Waals surface area contributed by atoms with E-state index in [9.17, 15) is 25.2 Å². The quantitative estimate of drug-likeness (QED) is 0.0972. The van der Waals surface area contributed by atoms with E-state index in [1.165, 1.54) is 17.7 Å². The molecule has 0 spiro atoms. The van der Waals surface area contributed by atoms with Crippen molar-refractivity contribution in [2.24, 2.45) is 0 Å². The summed E-state index contributed by atoms with van der Waals surface area (Å²) < 4.78 is 11.4. The minimum absolute atomic E-state index is 0.153. The largest absolute Gasteiger partial charge is 0.381 e. The first-order valence-electron chi connectivity index (χ1n) is 15.3. The number of aliphatic hydroxyl groups excluding tert-OH is 4. The van der Waals surface area contributed by atoms with E-state index in [0.29, 0.717) is 42.7 Å². The van der Waals surface area contributed by atoms with Crippen LogP contribution in [-0.2, 0) is 14.3 Å². The van der Waals surface area contributed by atoms with Crippen LogP contribution in [0, 0.1) is 0 Å². The molecule has 2 heterocycles. The number of rotatable bonds is 20. The molecule has 2 aliphatic heterocycles. The number of nitrogens with zero attached hydrogens (tertiary/aromatic N) is 1. The van der Waals surface area contributed by atoms with Crippen molar-refractivity contribution in [1.29, 1.82) is 0 Å². The van der Waals surface area contributed by atoms with Crippen molar-refractivity contribution >= 4 is 23.2 Å². The fourth-order valence-electron chi connectivity index (χ4n) is 5.52. The Labute approximate surface area is 249 Å². The lowest BCUT2D eigenvalue weighted by molar-refractivity contribution is -0.158. The van der Waals surface area contributed by atoms with Gasteiger partial charge in [0.05, 0.1) is 6.04 Å². The van der Waals surface area contributed by atoms with E-state index in [1.807, 2.05) is 0 Å². The molecule has 1 saturated heterocycles. The maximum absolute atomic E-state index is 12.6. The molecule has 0 aliphatic carbocycles. The lowest BCUT2D eigenvalue weighted by Gasteiger charge is -2.40. The molecule has 5 unspecified atom stereocenters. The maximum atomic E-state index is 12.6. The minimum Gasteiger partial charge on any atom is -0.381 e. The van der Waals surface area contributed by atoms with E-state index < -0.39 is 31.0 Å². The molecule has 0 aromatic heterocycles. The summed E-state index contributed by atoms with van der Waals surface area (Å²) in [4.78, 5) is 14.1. The van der Waals surface area contributed by atoms with Crippen LogP contribution in [0.1, 0.15) is 107 Å². The molecule has 6 N–H and O–H groups in total. The molecule has 11 heteroatoms. The second-order valence-corrected chi connectivity index (χ2v) is 11.4. The first-order chi connectivity index (χ1) is 19.9. The number of unbranched alkanes of at least 4 members (excludes halogenated alkanes) is 7. The van der Waals surface area contributed by atoms with Crippen molar-refractivity contribution < 1.29 is 34.7 Å². The number of carbonyl (C=O) groups excluding carboxylic acids is 1. The summed E-state index contributed by atoms with van der Waals surface area (Å²) in [6, 6.07) is 4.54. The molecule has 2 aliphatic rings. The molecule has 234 valence electrons. The van der Waals surface area contributed by atoms with E-state index in [4.69, 9.17) is 21.1 Å². The minimum atomic E-state index is -1.20. The van der Waals surface area contributed by atoms with E-state index in [-0.39, 0.29) is 5.91 Å². The van der Waals surface area contributed by atoms with Crippen molar-refractivity contribution in [3.8, 4) is 0 Å². The third-order valence-electron chi connectivity index (χ3n) is 7.80. The third kappa shape index (κ3) is 11.0. The Bertz CT molecular complexity index is 896. The van der Waals surface area contributed by atoms with Crippen LogP contribution in [0.4, 0.5) is 5.69 Å². The van der Waals surface area contributed by atoms with Crippen molar-refractivity contribution in [1.82, 2.24) is 10.2 Å². The molecule has 3 rings (SSSR count). The Morgan fingerprint density at radius 1 is 0.854 bits per heavy atom. The number of halogens is 1. The van der Waals surface area contributed by atoms with Crippen LogP contribution in [0.2, 0.25) is 0 Å². The average molecular weight is 600 g/mol. The number of fused-ring (bicyclic) bond motifs is 1. The highest BCUT2D eigenvalue weighted by molar-refractivity contribution is 6.17. The zero-order valence-electron chi connectivity index (χ0n) is 24.2. The molecule has 0 radical (unpaired) electrons. The van der Waals surface area contributed by atoms with Crippen LogP contribution in [0.3, 0.4) is 0 Å². The van der Waals surface area contributed by atoms with Gasteiger partial charge in [-0.15, -0.1) is 11.6 Å². The Morgan fingerprint density at radius 2 is 1.46 bits per heavy atom. The van der Waals surface area contributed by atoms with Crippen LogP contribution in [-0.4, -0.2) is 82.0 Å². The van der Waals surface area contributed by atoms with Gasteiger partial charge < -0.3 is 35.2 Å². The summed E-state index contributed by atoms with van der Waals surface area (Å²) in [6.45, 7) is 3.08. The number of nitrogens with one attached hydrogen (secondary N) is 2. The molecule has 1 fully saturated rings. The molecule has 10 nitrogen and oxygen atoms in total. The highest BCUT2D eigenvalue weighted by Gasteiger charge is 2.45. The Hall–Kier alpha value is -1.34. The number of carbonyl (C=O) groups is 1. The third-order valence-corrected chi connectivity index (χ3v) is 8.07. The zero-order chi connectivity index (χ0) is 29.5. The summed E-state index contributed by atoms with van der Waals surface area (Å²) in [5.41, 5.74) is 1.38. The van der Waals surface area contributed by atoms with Gasteiger partial charge in [-0.1, -0.05) is 31.4 Å². The predicted octanol–water partition coefficient (Wildman–Crippen LogP) is 3.87. The molecule has 0 bridgehead atoms. The van der Waals surface area contributed by atoms with Gasteiger partial charge in [-0.3, -0.25) is 10.1 Å². The summed E-state index contributed by atoms with van der Waals surface area (Å²) in [5, 5.41) is 47.6. The molecule has 1 amide bonds. The van der Waals surface area contributed by atoms with Crippen LogP contribution >= 0.6 is 11.6 Å². The second kappa shape index (κ2) is 19.0. The number of ether oxygens (including phenoxy) is 2. The van der Waals surface area contributed by atoms with Crippen LogP contribution < -0.4 is 10.6 Å². The van der Waals surface area contributed by atoms with E-state index >= 15 is 0 Å². The maximum Gasteiger partial charge on any atom is 0.224 e. The van der Waals surface area contributed by atoms with Gasteiger partial charge in [-0.2, -0.15) is 0 Å². The summed E-state index contributed by atoms with van der Waals surface area (Å²) in [6.07, 6.45) is 7.12. The molecular weight excluding hydrogens is 550 g/mol. The van der Waals surface area contributed by atoms with Crippen molar-refractivity contribution in [2.75, 3.05) is 37.6 Å². The fraction of sp³-hybridized carbons (Fsp3) is 0.767. The van der Waals surface area contributed by atoms with Gasteiger partial charge in [0, 0.05) is 55.5 Å². The fourth-order valence-corrected chi connectivity index (χ4v) is 5.71. The smallest absolute Gasteiger partial charge is 0.224 e. The van der Waals surface area contributed by atoms with E-state index in [0.717, 1.165) is 77.1 Å². The van der Waals surface area contributed by atoms with E-state index in [2.05, 4.69) is 10.6 Å². The van der Waals surface area contributed by atoms with Gasteiger partial charge >= 0.3 is 0 Å². The number of benzene rings is 1. The summed E-state index contributed by atoms with van der Waals surface area (Å²) in [5.74, 6) is 0.593. The number of amides is 1.